The number of hydrogen-bond donors (Lipinski definition) is 1. The number of rotatable bonds is 7. The van der Waals surface area contributed by atoms with Crippen molar-refractivity contribution in [3.05, 3.63) is 69.3 Å². The molecule has 3 aromatic rings. The van der Waals surface area contributed by atoms with Gasteiger partial charge in [-0.25, -0.2) is 4.79 Å². The molecule has 2 aliphatic carbocycles. The molecular weight excluding hydrogens is 537 g/mol. The van der Waals surface area contributed by atoms with E-state index in [0.717, 1.165) is 24.2 Å². The van der Waals surface area contributed by atoms with Crippen LogP contribution < -0.4 is 4.90 Å². The van der Waals surface area contributed by atoms with Crippen LogP contribution in [0.25, 0.3) is 11.3 Å². The van der Waals surface area contributed by atoms with Gasteiger partial charge in [0.05, 0.1) is 45.6 Å². The Balaban J connectivity index is 1.07. The van der Waals surface area contributed by atoms with Crippen molar-refractivity contribution in [2.45, 2.75) is 76.7 Å². The molecule has 3 atom stereocenters. The van der Waals surface area contributed by atoms with Crippen LogP contribution >= 0.6 is 23.2 Å². The zero-order chi connectivity index (χ0) is 27.5. The minimum Gasteiger partial charge on any atom is -0.456 e. The van der Waals surface area contributed by atoms with Crippen LogP contribution in [0.4, 0.5) is 5.69 Å². The van der Waals surface area contributed by atoms with Crippen LogP contribution in [0.15, 0.2) is 42.5 Å². The molecule has 2 saturated carbocycles. The summed E-state index contributed by atoms with van der Waals surface area (Å²) in [5.74, 6) is 0.0513. The Hall–Kier alpha value is -2.87. The molecule has 9 heteroatoms. The molecule has 1 amide bonds. The fourth-order valence-electron chi connectivity index (χ4n) is 5.67. The van der Waals surface area contributed by atoms with Crippen molar-refractivity contribution in [3.8, 4) is 11.3 Å². The fraction of sp³-hybridized carbons (Fsp3) is 0.433. The van der Waals surface area contributed by atoms with Crippen LogP contribution in [0.3, 0.4) is 0 Å². The second-order valence-corrected chi connectivity index (χ2v) is 12.6. The summed E-state index contributed by atoms with van der Waals surface area (Å²) in [5, 5.41) is 8.64. The van der Waals surface area contributed by atoms with Crippen LogP contribution in [0.1, 0.15) is 74.0 Å². The zero-order valence-corrected chi connectivity index (χ0v) is 23.7. The minimum absolute atomic E-state index is 0.0564. The SMILES string of the molecule is CC(C)(C)OC(=O)c1ccc(N2C(=O)[C@@H]3C[C@H]2C[C@H]3OCc2cc(-c3c(Cl)cc(C4CC4)cc3Cl)n[nH]2)cc1. The average Bonchev–Trinajstić information content (AvgIpc) is 3.36. The Labute approximate surface area is 237 Å². The first-order valence-electron chi connectivity index (χ1n) is 13.4. The van der Waals surface area contributed by atoms with Gasteiger partial charge in [0.15, 0.2) is 0 Å². The molecule has 6 rings (SSSR count). The van der Waals surface area contributed by atoms with Crippen molar-refractivity contribution < 1.29 is 19.1 Å². The van der Waals surface area contributed by atoms with Gasteiger partial charge in [-0.05, 0) is 100 Å². The van der Waals surface area contributed by atoms with Crippen LogP contribution in [-0.2, 0) is 20.9 Å². The second-order valence-electron chi connectivity index (χ2n) is 11.8. The van der Waals surface area contributed by atoms with E-state index in [9.17, 15) is 9.59 Å². The smallest absolute Gasteiger partial charge is 0.338 e. The highest BCUT2D eigenvalue weighted by Crippen LogP contribution is 2.45. The number of H-pyrrole nitrogens is 1. The number of nitrogens with zero attached hydrogens (tertiary/aromatic N) is 2. The maximum Gasteiger partial charge on any atom is 0.338 e. The van der Waals surface area contributed by atoms with Gasteiger partial charge in [0.1, 0.15) is 5.60 Å². The molecule has 0 unspecified atom stereocenters. The third-order valence-corrected chi connectivity index (χ3v) is 8.23. The van der Waals surface area contributed by atoms with Crippen molar-refractivity contribution in [1.29, 1.82) is 0 Å². The summed E-state index contributed by atoms with van der Waals surface area (Å²) in [6.45, 7) is 5.82. The van der Waals surface area contributed by atoms with Gasteiger partial charge in [-0.15, -0.1) is 0 Å². The molecule has 0 radical (unpaired) electrons. The number of aromatic amines is 1. The highest BCUT2D eigenvalue weighted by molar-refractivity contribution is 6.39. The van der Waals surface area contributed by atoms with Crippen LogP contribution in [0.5, 0.6) is 0 Å². The summed E-state index contributed by atoms with van der Waals surface area (Å²) >= 11 is 13.1. The Kier molecular flexibility index (Phi) is 6.72. The third-order valence-electron chi connectivity index (χ3n) is 7.63. The Bertz CT molecular complexity index is 1400. The fourth-order valence-corrected chi connectivity index (χ4v) is 6.37. The number of halogens is 2. The van der Waals surface area contributed by atoms with E-state index in [0.29, 0.717) is 39.4 Å². The maximum absolute atomic E-state index is 13.2. The number of aromatic nitrogens is 2. The largest absolute Gasteiger partial charge is 0.456 e. The normalized spacial score (nSPS) is 22.5. The number of ether oxygens (including phenoxy) is 2. The van der Waals surface area contributed by atoms with E-state index in [4.69, 9.17) is 32.7 Å². The molecule has 2 aromatic carbocycles. The van der Waals surface area contributed by atoms with Crippen molar-refractivity contribution in [3.63, 3.8) is 0 Å². The summed E-state index contributed by atoms with van der Waals surface area (Å²) in [7, 11) is 0. The molecule has 1 aliphatic heterocycles. The molecule has 3 fully saturated rings. The molecule has 3 aliphatic rings. The van der Waals surface area contributed by atoms with Gasteiger partial charge in [-0.1, -0.05) is 23.2 Å². The van der Waals surface area contributed by atoms with Gasteiger partial charge in [-0.3, -0.25) is 9.89 Å². The summed E-state index contributed by atoms with van der Waals surface area (Å²) in [6, 6.07) is 13.0. The maximum atomic E-state index is 13.2. The number of hydrogen-bond acceptors (Lipinski definition) is 5. The van der Waals surface area contributed by atoms with Crippen molar-refractivity contribution in [2.75, 3.05) is 4.90 Å². The van der Waals surface area contributed by atoms with Gasteiger partial charge in [0, 0.05) is 17.3 Å². The first-order valence-corrected chi connectivity index (χ1v) is 14.1. The second kappa shape index (κ2) is 9.95. The van der Waals surface area contributed by atoms with Crippen molar-refractivity contribution in [1.82, 2.24) is 10.2 Å². The van der Waals surface area contributed by atoms with Crippen molar-refractivity contribution in [2.24, 2.45) is 5.92 Å². The number of nitrogens with one attached hydrogen (secondary N) is 1. The minimum atomic E-state index is -0.562. The molecule has 1 N–H and O–H groups in total. The molecule has 0 spiro atoms. The lowest BCUT2D eigenvalue weighted by Gasteiger charge is -2.31. The standard InChI is InChI=1S/C30H31Cl2N3O4/c1-30(2,3)39-29(37)17-6-8-20(9-7-17)35-21-13-22(28(35)36)26(14-21)38-15-19-12-25(34-33-19)27-23(31)10-18(11-24(27)32)16-4-5-16/h6-12,16,21-22,26H,4-5,13-15H2,1-3H3,(H,33,34)/t21-,22+,26+/m0/s1. The number of benzene rings is 2. The zero-order valence-electron chi connectivity index (χ0n) is 22.2. The number of amides is 1. The predicted molar refractivity (Wildman–Crippen MR) is 150 cm³/mol. The van der Waals surface area contributed by atoms with E-state index >= 15 is 0 Å². The van der Waals surface area contributed by atoms with Crippen LogP contribution in [0, 0.1) is 5.92 Å². The molecule has 204 valence electrons. The van der Waals surface area contributed by atoms with E-state index in [1.54, 1.807) is 12.1 Å². The lowest BCUT2D eigenvalue weighted by atomic mass is 10.0. The van der Waals surface area contributed by atoms with Gasteiger partial charge in [-0.2, -0.15) is 5.10 Å². The lowest BCUT2D eigenvalue weighted by Crippen LogP contribution is -2.43. The van der Waals surface area contributed by atoms with E-state index in [1.807, 2.05) is 56.0 Å². The molecule has 39 heavy (non-hydrogen) atoms. The first-order chi connectivity index (χ1) is 18.6. The van der Waals surface area contributed by atoms with E-state index in [-0.39, 0.29) is 29.9 Å². The van der Waals surface area contributed by atoms with E-state index in [2.05, 4.69) is 10.2 Å². The number of anilines is 1. The first kappa shape index (κ1) is 26.4. The lowest BCUT2D eigenvalue weighted by molar-refractivity contribution is -0.126. The topological polar surface area (TPSA) is 84.5 Å². The number of carbonyl (C=O) groups is 2. The summed E-state index contributed by atoms with van der Waals surface area (Å²) in [4.78, 5) is 27.4. The number of carbonyl (C=O) groups excluding carboxylic acids is 2. The Morgan fingerprint density at radius 3 is 2.38 bits per heavy atom. The summed E-state index contributed by atoms with van der Waals surface area (Å²) < 4.78 is 11.6. The van der Waals surface area contributed by atoms with Crippen LogP contribution in [0.2, 0.25) is 10.0 Å². The monoisotopic (exact) mass is 567 g/mol. The number of fused-ring (bicyclic) bond motifs is 2. The molecule has 7 nitrogen and oxygen atoms in total. The Morgan fingerprint density at radius 1 is 1.08 bits per heavy atom. The molecular formula is C30H31Cl2N3O4. The highest BCUT2D eigenvalue weighted by atomic mass is 35.5. The van der Waals surface area contributed by atoms with Gasteiger partial charge >= 0.3 is 5.97 Å². The van der Waals surface area contributed by atoms with Crippen molar-refractivity contribution >= 4 is 40.8 Å². The summed E-state index contributed by atoms with van der Waals surface area (Å²) in [6.07, 6.45) is 3.71. The van der Waals surface area contributed by atoms with E-state index in [1.165, 1.54) is 18.4 Å². The average molecular weight is 569 g/mol. The molecule has 2 heterocycles. The highest BCUT2D eigenvalue weighted by Gasteiger charge is 2.51. The van der Waals surface area contributed by atoms with Crippen LogP contribution in [-0.4, -0.2) is 39.8 Å². The quantitative estimate of drug-likeness (QED) is 0.313. The summed E-state index contributed by atoms with van der Waals surface area (Å²) in [5.41, 5.74) is 4.07. The van der Waals surface area contributed by atoms with Gasteiger partial charge in [0.2, 0.25) is 5.91 Å². The molecule has 2 bridgehead atoms. The molecule has 1 saturated heterocycles. The third kappa shape index (κ3) is 5.32. The number of esters is 1. The van der Waals surface area contributed by atoms with Gasteiger partial charge in [0.25, 0.3) is 0 Å². The predicted octanol–water partition coefficient (Wildman–Crippen LogP) is 6.93. The molecule has 1 aromatic heterocycles. The van der Waals surface area contributed by atoms with E-state index < -0.39 is 5.60 Å². The number of piperidine rings is 1. The van der Waals surface area contributed by atoms with Gasteiger partial charge < -0.3 is 14.4 Å². The Morgan fingerprint density at radius 2 is 1.77 bits per heavy atom.